The third kappa shape index (κ3) is 3.73. The van der Waals surface area contributed by atoms with Crippen molar-refractivity contribution in [3.8, 4) is 17.0 Å². The molecule has 0 aliphatic heterocycles. The van der Waals surface area contributed by atoms with Gasteiger partial charge in [-0.3, -0.25) is 0 Å². The van der Waals surface area contributed by atoms with E-state index in [0.717, 1.165) is 29.7 Å². The quantitative estimate of drug-likeness (QED) is 0.416. The standard InChI is InChI=1S/C21H16Cl3NO2/c1-2-12-8-9-14(10-18(12)24)26-11-15-20(25-27-21(15)13-6-7-13)19-16(22)4-3-5-17(19)23/h2-5,8-10,13H,1,6-7,11H2. The number of hydrogen-bond donors (Lipinski definition) is 0. The topological polar surface area (TPSA) is 35.3 Å². The van der Waals surface area contributed by atoms with E-state index in [-0.39, 0.29) is 6.61 Å². The highest BCUT2D eigenvalue weighted by atomic mass is 35.5. The van der Waals surface area contributed by atoms with E-state index < -0.39 is 0 Å². The van der Waals surface area contributed by atoms with Gasteiger partial charge >= 0.3 is 0 Å². The summed E-state index contributed by atoms with van der Waals surface area (Å²) in [4.78, 5) is 0. The first kappa shape index (κ1) is 18.4. The molecule has 0 spiro atoms. The number of halogens is 3. The molecule has 3 nitrogen and oxygen atoms in total. The van der Waals surface area contributed by atoms with Gasteiger partial charge in [-0.1, -0.05) is 58.7 Å². The van der Waals surface area contributed by atoms with Crippen LogP contribution in [0.1, 0.15) is 35.6 Å². The first-order valence-electron chi connectivity index (χ1n) is 8.56. The molecule has 0 N–H and O–H groups in total. The zero-order valence-corrected chi connectivity index (χ0v) is 16.6. The van der Waals surface area contributed by atoms with E-state index in [1.54, 1.807) is 30.3 Å². The predicted octanol–water partition coefficient (Wildman–Crippen LogP) is 7.40. The van der Waals surface area contributed by atoms with Crippen LogP contribution in [-0.4, -0.2) is 5.16 Å². The molecule has 1 aliphatic rings. The molecule has 1 fully saturated rings. The summed E-state index contributed by atoms with van der Waals surface area (Å²) in [7, 11) is 0. The summed E-state index contributed by atoms with van der Waals surface area (Å²) in [6.07, 6.45) is 3.87. The number of rotatable bonds is 6. The van der Waals surface area contributed by atoms with E-state index in [2.05, 4.69) is 11.7 Å². The number of nitrogens with zero attached hydrogens (tertiary/aromatic N) is 1. The molecule has 0 amide bonds. The Balaban J connectivity index is 1.68. The van der Waals surface area contributed by atoms with Crippen molar-refractivity contribution in [2.75, 3.05) is 0 Å². The van der Waals surface area contributed by atoms with Crippen LogP contribution in [0.15, 0.2) is 47.5 Å². The fraction of sp³-hybridized carbons (Fsp3) is 0.190. The van der Waals surface area contributed by atoms with Crippen molar-refractivity contribution in [2.24, 2.45) is 0 Å². The molecule has 1 aliphatic carbocycles. The van der Waals surface area contributed by atoms with E-state index in [9.17, 15) is 0 Å². The molecule has 3 aromatic rings. The van der Waals surface area contributed by atoms with E-state index in [4.69, 9.17) is 44.1 Å². The Labute approximate surface area is 172 Å². The summed E-state index contributed by atoms with van der Waals surface area (Å²) in [5.74, 6) is 1.87. The minimum Gasteiger partial charge on any atom is -0.489 e. The lowest BCUT2D eigenvalue weighted by atomic mass is 10.0. The minimum atomic E-state index is 0.288. The average Bonchev–Trinajstić information content (AvgIpc) is 3.41. The first-order chi connectivity index (χ1) is 13.1. The predicted molar refractivity (Wildman–Crippen MR) is 110 cm³/mol. The Morgan fingerprint density at radius 1 is 1.11 bits per heavy atom. The molecule has 1 saturated carbocycles. The molecule has 138 valence electrons. The van der Waals surface area contributed by atoms with Crippen LogP contribution in [0.5, 0.6) is 5.75 Å². The molecule has 1 heterocycles. The van der Waals surface area contributed by atoms with E-state index >= 15 is 0 Å². The molecule has 0 saturated heterocycles. The van der Waals surface area contributed by atoms with Gasteiger partial charge in [0.1, 0.15) is 23.8 Å². The average molecular weight is 421 g/mol. The molecule has 27 heavy (non-hydrogen) atoms. The second kappa shape index (κ2) is 7.59. The molecule has 0 bridgehead atoms. The smallest absolute Gasteiger partial charge is 0.147 e. The van der Waals surface area contributed by atoms with E-state index in [1.807, 2.05) is 12.1 Å². The van der Waals surface area contributed by atoms with Crippen LogP contribution in [-0.2, 0) is 6.61 Å². The Kier molecular flexibility index (Phi) is 5.18. The second-order valence-corrected chi connectivity index (χ2v) is 7.64. The van der Waals surface area contributed by atoms with Gasteiger partial charge in [0.25, 0.3) is 0 Å². The van der Waals surface area contributed by atoms with Gasteiger partial charge in [0.05, 0.1) is 20.6 Å². The van der Waals surface area contributed by atoms with Gasteiger partial charge < -0.3 is 9.26 Å². The summed E-state index contributed by atoms with van der Waals surface area (Å²) in [5, 5.41) is 5.90. The third-order valence-electron chi connectivity index (χ3n) is 4.54. The maximum Gasteiger partial charge on any atom is 0.147 e. The SMILES string of the molecule is C=Cc1ccc(OCc2c(-c3c(Cl)cccc3Cl)noc2C2CC2)cc1Cl. The van der Waals surface area contributed by atoms with Gasteiger partial charge in [0, 0.05) is 11.5 Å². The number of benzene rings is 2. The van der Waals surface area contributed by atoms with Gasteiger partial charge in [-0.05, 0) is 48.7 Å². The van der Waals surface area contributed by atoms with Crippen molar-refractivity contribution in [1.29, 1.82) is 0 Å². The van der Waals surface area contributed by atoms with Crippen molar-refractivity contribution in [1.82, 2.24) is 5.16 Å². The number of ether oxygens (including phenoxy) is 1. The van der Waals surface area contributed by atoms with Gasteiger partial charge in [0.2, 0.25) is 0 Å². The molecule has 2 aromatic carbocycles. The summed E-state index contributed by atoms with van der Waals surface area (Å²) in [6, 6.07) is 10.9. The van der Waals surface area contributed by atoms with Crippen LogP contribution < -0.4 is 4.74 Å². The largest absolute Gasteiger partial charge is 0.489 e. The zero-order chi connectivity index (χ0) is 19.0. The monoisotopic (exact) mass is 419 g/mol. The summed E-state index contributed by atoms with van der Waals surface area (Å²) < 4.78 is 11.6. The maximum absolute atomic E-state index is 6.38. The summed E-state index contributed by atoms with van der Waals surface area (Å²) in [5.41, 5.74) is 3.02. The Morgan fingerprint density at radius 2 is 1.85 bits per heavy atom. The van der Waals surface area contributed by atoms with Crippen LogP contribution in [0.3, 0.4) is 0 Å². The maximum atomic E-state index is 6.38. The van der Waals surface area contributed by atoms with Crippen LogP contribution in [0, 0.1) is 0 Å². The lowest BCUT2D eigenvalue weighted by molar-refractivity contribution is 0.300. The van der Waals surface area contributed by atoms with Crippen molar-refractivity contribution >= 4 is 40.9 Å². The highest BCUT2D eigenvalue weighted by Crippen LogP contribution is 2.46. The highest BCUT2D eigenvalue weighted by molar-refractivity contribution is 6.39. The molecule has 1 aromatic heterocycles. The van der Waals surface area contributed by atoms with Gasteiger partial charge in [-0.2, -0.15) is 0 Å². The fourth-order valence-electron chi connectivity index (χ4n) is 2.97. The summed E-state index contributed by atoms with van der Waals surface area (Å²) in [6.45, 7) is 4.02. The van der Waals surface area contributed by atoms with Gasteiger partial charge in [-0.25, -0.2) is 0 Å². The lowest BCUT2D eigenvalue weighted by Gasteiger charge is -2.10. The normalized spacial score (nSPS) is 13.6. The fourth-order valence-corrected chi connectivity index (χ4v) is 3.79. The van der Waals surface area contributed by atoms with Gasteiger partial charge in [-0.15, -0.1) is 0 Å². The highest BCUT2D eigenvalue weighted by Gasteiger charge is 2.33. The van der Waals surface area contributed by atoms with Crippen LogP contribution in [0.4, 0.5) is 0 Å². The molecule has 0 radical (unpaired) electrons. The molecular formula is C21H16Cl3NO2. The number of aromatic nitrogens is 1. The lowest BCUT2D eigenvalue weighted by Crippen LogP contribution is -2.00. The molecule has 6 heteroatoms. The van der Waals surface area contributed by atoms with Crippen LogP contribution in [0.2, 0.25) is 15.1 Å². The van der Waals surface area contributed by atoms with Crippen molar-refractivity contribution in [2.45, 2.75) is 25.4 Å². The van der Waals surface area contributed by atoms with Crippen molar-refractivity contribution in [3.63, 3.8) is 0 Å². The van der Waals surface area contributed by atoms with E-state index in [0.29, 0.717) is 38.0 Å². The Morgan fingerprint density at radius 3 is 2.48 bits per heavy atom. The third-order valence-corrected chi connectivity index (χ3v) is 5.50. The number of hydrogen-bond acceptors (Lipinski definition) is 3. The molecular weight excluding hydrogens is 405 g/mol. The van der Waals surface area contributed by atoms with Gasteiger partial charge in [0.15, 0.2) is 0 Å². The van der Waals surface area contributed by atoms with Crippen LogP contribution in [0.25, 0.3) is 17.3 Å². The minimum absolute atomic E-state index is 0.288. The molecule has 4 rings (SSSR count). The zero-order valence-electron chi connectivity index (χ0n) is 14.3. The van der Waals surface area contributed by atoms with E-state index in [1.165, 1.54) is 0 Å². The second-order valence-electron chi connectivity index (χ2n) is 6.42. The van der Waals surface area contributed by atoms with Crippen LogP contribution >= 0.6 is 34.8 Å². The Bertz CT molecular complexity index is 988. The van der Waals surface area contributed by atoms with Crippen molar-refractivity contribution < 1.29 is 9.26 Å². The molecule has 0 unspecified atom stereocenters. The molecule has 0 atom stereocenters. The first-order valence-corrected chi connectivity index (χ1v) is 9.69. The Hall–Kier alpha value is -1.94. The van der Waals surface area contributed by atoms with Crippen molar-refractivity contribution in [3.05, 3.63) is 74.9 Å². The summed E-state index contributed by atoms with van der Waals surface area (Å²) >= 11 is 19.0.